The highest BCUT2D eigenvalue weighted by Crippen LogP contribution is 2.20. The average Bonchev–Trinajstić information content (AvgIpc) is 2.24. The summed E-state index contributed by atoms with van der Waals surface area (Å²) < 4.78 is 0. The number of phenolic OH excluding ortho intramolecular Hbond substituents is 2. The molecule has 0 bridgehead atoms. The first-order chi connectivity index (χ1) is 7.84. The Balaban J connectivity index is 2.75. The molecule has 1 aromatic carbocycles. The molecule has 5 nitrogen and oxygen atoms in total. The van der Waals surface area contributed by atoms with E-state index in [9.17, 15) is 15.0 Å². The van der Waals surface area contributed by atoms with Crippen LogP contribution >= 0.6 is 0 Å². The van der Waals surface area contributed by atoms with Crippen molar-refractivity contribution in [2.24, 2.45) is 5.41 Å². The molecule has 90 valence electrons. The molecule has 3 N–H and O–H groups in total. The zero-order valence-electron chi connectivity index (χ0n) is 9.69. The number of carbonyl (C=O) groups excluding carboxylic acids is 1. The number of aromatic hydroxyl groups is 2. The first-order valence-corrected chi connectivity index (χ1v) is 5.06. The van der Waals surface area contributed by atoms with Crippen LogP contribution in [-0.4, -0.2) is 22.7 Å². The molecule has 0 saturated heterocycles. The summed E-state index contributed by atoms with van der Waals surface area (Å²) in [7, 11) is 0. The van der Waals surface area contributed by atoms with Crippen molar-refractivity contribution in [3.63, 3.8) is 0 Å². The second kappa shape index (κ2) is 4.74. The molecule has 0 fully saturated rings. The minimum atomic E-state index is -0.658. The standard InChI is InChI=1S/C12H14N2O3/c1-12(2,6-13)7-14-11(17)8-3-9(15)5-10(16)4-8/h3-5,15-16H,7H2,1-2H3,(H,14,17). The Bertz CT molecular complexity index is 455. The quantitative estimate of drug-likeness (QED) is 0.736. The van der Waals surface area contributed by atoms with E-state index in [-0.39, 0.29) is 23.6 Å². The number of nitrogens with zero attached hydrogens (tertiary/aromatic N) is 1. The summed E-state index contributed by atoms with van der Waals surface area (Å²) in [6.45, 7) is 3.60. The van der Waals surface area contributed by atoms with Gasteiger partial charge in [0.05, 0.1) is 11.5 Å². The van der Waals surface area contributed by atoms with Gasteiger partial charge in [-0.15, -0.1) is 0 Å². The zero-order chi connectivity index (χ0) is 13.1. The van der Waals surface area contributed by atoms with E-state index in [4.69, 9.17) is 5.26 Å². The molecule has 0 heterocycles. The molecular weight excluding hydrogens is 220 g/mol. The topological polar surface area (TPSA) is 93.4 Å². The van der Waals surface area contributed by atoms with Crippen molar-refractivity contribution < 1.29 is 15.0 Å². The van der Waals surface area contributed by atoms with Crippen LogP contribution in [0.1, 0.15) is 24.2 Å². The fourth-order valence-electron chi connectivity index (χ4n) is 1.17. The normalized spacial score (nSPS) is 10.6. The monoisotopic (exact) mass is 234 g/mol. The van der Waals surface area contributed by atoms with Crippen LogP contribution in [0.2, 0.25) is 0 Å². The lowest BCUT2D eigenvalue weighted by atomic mass is 9.96. The summed E-state index contributed by atoms with van der Waals surface area (Å²) in [5, 5.41) is 29.8. The Morgan fingerprint density at radius 2 is 1.88 bits per heavy atom. The third kappa shape index (κ3) is 3.68. The minimum Gasteiger partial charge on any atom is -0.508 e. The Hall–Kier alpha value is -2.22. The van der Waals surface area contributed by atoms with Gasteiger partial charge in [-0.3, -0.25) is 4.79 Å². The van der Waals surface area contributed by atoms with Gasteiger partial charge in [0, 0.05) is 18.2 Å². The molecule has 0 aliphatic heterocycles. The molecule has 0 spiro atoms. The van der Waals surface area contributed by atoms with Gasteiger partial charge in [-0.2, -0.15) is 5.26 Å². The number of rotatable bonds is 3. The van der Waals surface area contributed by atoms with E-state index < -0.39 is 11.3 Å². The largest absolute Gasteiger partial charge is 0.508 e. The average molecular weight is 234 g/mol. The molecule has 5 heteroatoms. The molecule has 1 aromatic rings. The van der Waals surface area contributed by atoms with E-state index in [1.165, 1.54) is 12.1 Å². The zero-order valence-corrected chi connectivity index (χ0v) is 9.69. The highest BCUT2D eigenvalue weighted by atomic mass is 16.3. The number of hydrogen-bond acceptors (Lipinski definition) is 4. The van der Waals surface area contributed by atoms with Crippen LogP contribution < -0.4 is 5.32 Å². The van der Waals surface area contributed by atoms with Gasteiger partial charge < -0.3 is 15.5 Å². The molecule has 17 heavy (non-hydrogen) atoms. The number of nitriles is 1. The van der Waals surface area contributed by atoms with Gasteiger partial charge in [0.15, 0.2) is 0 Å². The van der Waals surface area contributed by atoms with Crippen molar-refractivity contribution in [2.75, 3.05) is 6.54 Å². The fourth-order valence-corrected chi connectivity index (χ4v) is 1.17. The highest BCUT2D eigenvalue weighted by Gasteiger charge is 2.18. The SMILES string of the molecule is CC(C)(C#N)CNC(=O)c1cc(O)cc(O)c1. The van der Waals surface area contributed by atoms with Crippen LogP contribution in [0.3, 0.4) is 0 Å². The maximum absolute atomic E-state index is 11.7. The third-order valence-corrected chi connectivity index (χ3v) is 2.16. The first kappa shape index (κ1) is 12.8. The minimum absolute atomic E-state index is 0.149. The molecule has 1 amide bonds. The second-order valence-corrected chi connectivity index (χ2v) is 4.42. The predicted octanol–water partition coefficient (Wildman–Crippen LogP) is 1.38. The summed E-state index contributed by atoms with van der Waals surface area (Å²) in [4.78, 5) is 11.7. The highest BCUT2D eigenvalue weighted by molar-refractivity contribution is 5.95. The Labute approximate surface area is 99.3 Å². The van der Waals surface area contributed by atoms with E-state index in [2.05, 4.69) is 11.4 Å². The number of benzene rings is 1. The van der Waals surface area contributed by atoms with E-state index in [1.54, 1.807) is 13.8 Å². The van der Waals surface area contributed by atoms with Crippen molar-refractivity contribution in [1.29, 1.82) is 5.26 Å². The number of hydrogen-bond donors (Lipinski definition) is 3. The van der Waals surface area contributed by atoms with Crippen molar-refractivity contribution in [1.82, 2.24) is 5.32 Å². The van der Waals surface area contributed by atoms with Gasteiger partial charge in [0.2, 0.25) is 0 Å². The van der Waals surface area contributed by atoms with Gasteiger partial charge in [0.25, 0.3) is 5.91 Å². The fraction of sp³-hybridized carbons (Fsp3) is 0.333. The summed E-state index contributed by atoms with van der Waals surface area (Å²) in [5.74, 6) is -0.816. The number of amides is 1. The Morgan fingerprint density at radius 3 is 2.35 bits per heavy atom. The van der Waals surface area contributed by atoms with Gasteiger partial charge in [-0.1, -0.05) is 0 Å². The van der Waals surface area contributed by atoms with Crippen LogP contribution in [-0.2, 0) is 0 Å². The van der Waals surface area contributed by atoms with E-state index >= 15 is 0 Å². The van der Waals surface area contributed by atoms with Crippen molar-refractivity contribution in [2.45, 2.75) is 13.8 Å². The van der Waals surface area contributed by atoms with Gasteiger partial charge in [-0.25, -0.2) is 0 Å². The molecule has 0 atom stereocenters. The molecule has 0 radical (unpaired) electrons. The lowest BCUT2D eigenvalue weighted by molar-refractivity contribution is 0.0943. The third-order valence-electron chi connectivity index (χ3n) is 2.16. The van der Waals surface area contributed by atoms with Gasteiger partial charge >= 0.3 is 0 Å². The summed E-state index contributed by atoms with van der Waals surface area (Å²) >= 11 is 0. The number of nitrogens with one attached hydrogen (secondary N) is 1. The van der Waals surface area contributed by atoms with Crippen LogP contribution in [0.4, 0.5) is 0 Å². The van der Waals surface area contributed by atoms with E-state index in [0.717, 1.165) is 6.07 Å². The molecule has 0 aliphatic carbocycles. The maximum atomic E-state index is 11.7. The van der Waals surface area contributed by atoms with Crippen molar-refractivity contribution >= 4 is 5.91 Å². The first-order valence-electron chi connectivity index (χ1n) is 5.06. The smallest absolute Gasteiger partial charge is 0.251 e. The van der Waals surface area contributed by atoms with Crippen molar-refractivity contribution in [3.8, 4) is 17.6 Å². The molecule has 0 unspecified atom stereocenters. The van der Waals surface area contributed by atoms with Gasteiger partial charge in [0.1, 0.15) is 11.5 Å². The molecule has 0 aromatic heterocycles. The molecular formula is C12H14N2O3. The lowest BCUT2D eigenvalue weighted by Gasteiger charge is -2.15. The van der Waals surface area contributed by atoms with Crippen LogP contribution in [0.25, 0.3) is 0 Å². The lowest BCUT2D eigenvalue weighted by Crippen LogP contribution is -2.33. The van der Waals surface area contributed by atoms with Crippen molar-refractivity contribution in [3.05, 3.63) is 23.8 Å². The molecule has 1 rings (SSSR count). The van der Waals surface area contributed by atoms with Gasteiger partial charge in [-0.05, 0) is 26.0 Å². The van der Waals surface area contributed by atoms with Crippen LogP contribution in [0.5, 0.6) is 11.5 Å². The number of phenols is 2. The maximum Gasteiger partial charge on any atom is 0.251 e. The predicted molar refractivity (Wildman–Crippen MR) is 61.5 cm³/mol. The second-order valence-electron chi connectivity index (χ2n) is 4.42. The van der Waals surface area contributed by atoms with E-state index in [0.29, 0.717) is 0 Å². The van der Waals surface area contributed by atoms with Crippen LogP contribution in [0, 0.1) is 16.7 Å². The van der Waals surface area contributed by atoms with E-state index in [1.807, 2.05) is 0 Å². The Kier molecular flexibility index (Phi) is 3.59. The molecule has 0 aliphatic rings. The molecule has 0 saturated carbocycles. The summed E-state index contributed by atoms with van der Waals surface area (Å²) in [6, 6.07) is 5.68. The summed E-state index contributed by atoms with van der Waals surface area (Å²) in [5.41, 5.74) is -0.509. The summed E-state index contributed by atoms with van der Waals surface area (Å²) in [6.07, 6.45) is 0. The number of carbonyl (C=O) groups is 1. The van der Waals surface area contributed by atoms with Crippen LogP contribution in [0.15, 0.2) is 18.2 Å². The Morgan fingerprint density at radius 1 is 1.35 bits per heavy atom.